The summed E-state index contributed by atoms with van der Waals surface area (Å²) in [5, 5.41) is 6.97. The zero-order valence-electron chi connectivity index (χ0n) is 11.2. The Morgan fingerprint density at radius 2 is 2.30 bits per heavy atom. The van der Waals surface area contributed by atoms with Crippen LogP contribution in [0.3, 0.4) is 0 Å². The highest BCUT2D eigenvalue weighted by molar-refractivity contribution is 7.99. The summed E-state index contributed by atoms with van der Waals surface area (Å²) >= 11 is 7.47. The number of aromatic nitrogens is 1. The number of halogens is 1. The number of anilines is 1. The summed E-state index contributed by atoms with van der Waals surface area (Å²) in [5.41, 5.74) is 1.10. The molecule has 4 nitrogen and oxygen atoms in total. The number of carbonyl (C=O) groups is 1. The van der Waals surface area contributed by atoms with Gasteiger partial charge in [-0.1, -0.05) is 28.9 Å². The van der Waals surface area contributed by atoms with Crippen molar-refractivity contribution >= 4 is 35.1 Å². The minimum absolute atomic E-state index is 0.0923. The number of aryl methyl sites for hydroxylation is 1. The van der Waals surface area contributed by atoms with Crippen molar-refractivity contribution in [3.05, 3.63) is 46.7 Å². The Labute approximate surface area is 126 Å². The zero-order valence-corrected chi connectivity index (χ0v) is 12.8. The van der Waals surface area contributed by atoms with Crippen molar-refractivity contribution in [2.24, 2.45) is 0 Å². The molecule has 2 rings (SSSR count). The lowest BCUT2D eigenvalue weighted by atomic mass is 10.2. The van der Waals surface area contributed by atoms with Gasteiger partial charge in [0.15, 0.2) is 5.82 Å². The van der Waals surface area contributed by atoms with Crippen molar-refractivity contribution in [3.8, 4) is 0 Å². The molecule has 0 aliphatic rings. The van der Waals surface area contributed by atoms with Crippen molar-refractivity contribution in [3.63, 3.8) is 0 Å². The average Bonchev–Trinajstić information content (AvgIpc) is 2.81. The predicted octanol–water partition coefficient (Wildman–Crippen LogP) is 3.90. The zero-order chi connectivity index (χ0) is 14.5. The molecule has 0 radical (unpaired) electrons. The van der Waals surface area contributed by atoms with E-state index < -0.39 is 0 Å². The molecule has 1 atom stereocenters. The second kappa shape index (κ2) is 6.81. The number of hydrogen-bond acceptors (Lipinski definition) is 4. The first-order chi connectivity index (χ1) is 9.54. The molecule has 1 N–H and O–H groups in total. The van der Waals surface area contributed by atoms with Crippen molar-refractivity contribution in [2.75, 3.05) is 5.32 Å². The lowest BCUT2D eigenvalue weighted by Crippen LogP contribution is -2.22. The predicted molar refractivity (Wildman–Crippen MR) is 82.1 cm³/mol. The summed E-state index contributed by atoms with van der Waals surface area (Å²) in [7, 11) is 0. The van der Waals surface area contributed by atoms with Gasteiger partial charge in [-0.2, -0.15) is 0 Å². The van der Waals surface area contributed by atoms with Gasteiger partial charge in [-0.25, -0.2) is 0 Å². The van der Waals surface area contributed by atoms with Gasteiger partial charge in [0.25, 0.3) is 0 Å². The van der Waals surface area contributed by atoms with Gasteiger partial charge >= 0.3 is 0 Å². The molecule has 6 heteroatoms. The van der Waals surface area contributed by atoms with Gasteiger partial charge in [0.05, 0.1) is 5.25 Å². The maximum absolute atomic E-state index is 12.0. The molecule has 1 amide bonds. The minimum Gasteiger partial charge on any atom is -0.360 e. The fourth-order valence-electron chi connectivity index (χ4n) is 1.58. The van der Waals surface area contributed by atoms with Gasteiger partial charge < -0.3 is 9.84 Å². The first-order valence-electron chi connectivity index (χ1n) is 6.15. The molecule has 106 valence electrons. The molecule has 2 aromatic rings. The summed E-state index contributed by atoms with van der Waals surface area (Å²) in [6.45, 7) is 3.64. The van der Waals surface area contributed by atoms with Gasteiger partial charge in [-0.15, -0.1) is 11.8 Å². The third kappa shape index (κ3) is 4.28. The molecule has 20 heavy (non-hydrogen) atoms. The fourth-order valence-corrected chi connectivity index (χ4v) is 2.62. The summed E-state index contributed by atoms with van der Waals surface area (Å²) in [6.07, 6.45) is 0. The van der Waals surface area contributed by atoms with Crippen LogP contribution in [0.15, 0.2) is 34.9 Å². The van der Waals surface area contributed by atoms with Crippen molar-refractivity contribution in [2.45, 2.75) is 24.9 Å². The number of carbonyl (C=O) groups excluding carboxylic acids is 1. The molecule has 1 aromatic heterocycles. The van der Waals surface area contributed by atoms with Gasteiger partial charge in [0, 0.05) is 16.8 Å². The topological polar surface area (TPSA) is 55.1 Å². The summed E-state index contributed by atoms with van der Waals surface area (Å²) in [6, 6.07) is 9.32. The van der Waals surface area contributed by atoms with E-state index >= 15 is 0 Å². The van der Waals surface area contributed by atoms with E-state index in [0.717, 1.165) is 11.3 Å². The quantitative estimate of drug-likeness (QED) is 0.910. The second-order valence-electron chi connectivity index (χ2n) is 4.40. The standard InChI is InChI=1S/C14H15ClN2O2S/c1-9-6-13(17-19-9)16-14(18)10(2)20-8-11-4-3-5-12(15)7-11/h3-7,10H,8H2,1-2H3,(H,16,17,18)/t10-/m1/s1. The Morgan fingerprint density at radius 3 is 2.95 bits per heavy atom. The fraction of sp³-hybridized carbons (Fsp3) is 0.286. The highest BCUT2D eigenvalue weighted by Gasteiger charge is 2.15. The molecule has 0 fully saturated rings. The van der Waals surface area contributed by atoms with Crippen LogP contribution in [0.25, 0.3) is 0 Å². The smallest absolute Gasteiger partial charge is 0.238 e. The molecular formula is C14H15ClN2O2S. The molecule has 0 bridgehead atoms. The molecular weight excluding hydrogens is 296 g/mol. The molecule has 1 heterocycles. The minimum atomic E-state index is -0.189. The van der Waals surface area contributed by atoms with Crippen molar-refractivity contribution in [1.29, 1.82) is 0 Å². The van der Waals surface area contributed by atoms with Crippen LogP contribution >= 0.6 is 23.4 Å². The monoisotopic (exact) mass is 310 g/mol. The normalized spacial score (nSPS) is 12.2. The summed E-state index contributed by atoms with van der Waals surface area (Å²) < 4.78 is 4.90. The van der Waals surface area contributed by atoms with E-state index in [1.54, 1.807) is 24.8 Å². The molecule has 0 aliphatic carbocycles. The lowest BCUT2D eigenvalue weighted by Gasteiger charge is -2.10. The molecule has 1 aromatic carbocycles. The Bertz CT molecular complexity index is 600. The SMILES string of the molecule is Cc1cc(NC(=O)[C@@H](C)SCc2cccc(Cl)c2)no1. The number of thioether (sulfide) groups is 1. The van der Waals surface area contributed by atoms with E-state index in [2.05, 4.69) is 10.5 Å². The highest BCUT2D eigenvalue weighted by Crippen LogP contribution is 2.21. The second-order valence-corrected chi connectivity index (χ2v) is 6.16. The lowest BCUT2D eigenvalue weighted by molar-refractivity contribution is -0.115. The Hall–Kier alpha value is -1.46. The van der Waals surface area contributed by atoms with E-state index in [-0.39, 0.29) is 11.2 Å². The van der Waals surface area contributed by atoms with Gasteiger partial charge in [0.2, 0.25) is 5.91 Å². The van der Waals surface area contributed by atoms with Crippen LogP contribution in [0.5, 0.6) is 0 Å². The maximum Gasteiger partial charge on any atom is 0.238 e. The van der Waals surface area contributed by atoms with Crippen molar-refractivity contribution in [1.82, 2.24) is 5.16 Å². The number of benzene rings is 1. The van der Waals surface area contributed by atoms with E-state index in [0.29, 0.717) is 16.6 Å². The van der Waals surface area contributed by atoms with Crippen LogP contribution in [-0.2, 0) is 10.5 Å². The summed E-state index contributed by atoms with van der Waals surface area (Å²) in [4.78, 5) is 12.0. The van der Waals surface area contributed by atoms with Gasteiger partial charge in [-0.05, 0) is 31.5 Å². The number of amides is 1. The van der Waals surface area contributed by atoms with Crippen molar-refractivity contribution < 1.29 is 9.32 Å². The van der Waals surface area contributed by atoms with Crippen LogP contribution in [0.1, 0.15) is 18.2 Å². The maximum atomic E-state index is 12.0. The Kier molecular flexibility index (Phi) is 5.09. The van der Waals surface area contributed by atoms with Crippen LogP contribution in [0.2, 0.25) is 5.02 Å². The van der Waals surface area contributed by atoms with Crippen LogP contribution in [0, 0.1) is 6.92 Å². The third-order valence-corrected chi connectivity index (χ3v) is 4.09. The van der Waals surface area contributed by atoms with Crippen LogP contribution < -0.4 is 5.32 Å². The molecule has 0 unspecified atom stereocenters. The van der Waals surface area contributed by atoms with Crippen LogP contribution in [-0.4, -0.2) is 16.3 Å². The van der Waals surface area contributed by atoms with Gasteiger partial charge in [0.1, 0.15) is 5.76 Å². The molecule has 0 saturated carbocycles. The third-order valence-electron chi connectivity index (χ3n) is 2.64. The van der Waals surface area contributed by atoms with E-state index in [1.165, 1.54) is 0 Å². The summed E-state index contributed by atoms with van der Waals surface area (Å²) in [5.74, 6) is 1.75. The number of nitrogens with one attached hydrogen (secondary N) is 1. The van der Waals surface area contributed by atoms with E-state index in [4.69, 9.17) is 16.1 Å². The number of hydrogen-bond donors (Lipinski definition) is 1. The Morgan fingerprint density at radius 1 is 1.50 bits per heavy atom. The van der Waals surface area contributed by atoms with E-state index in [9.17, 15) is 4.79 Å². The average molecular weight is 311 g/mol. The van der Waals surface area contributed by atoms with Gasteiger partial charge in [-0.3, -0.25) is 4.79 Å². The van der Waals surface area contributed by atoms with E-state index in [1.807, 2.05) is 31.2 Å². The first-order valence-corrected chi connectivity index (χ1v) is 7.57. The molecule has 0 aliphatic heterocycles. The molecule has 0 saturated heterocycles. The van der Waals surface area contributed by atoms with Crippen LogP contribution in [0.4, 0.5) is 5.82 Å². The largest absolute Gasteiger partial charge is 0.360 e. The number of nitrogens with zero attached hydrogens (tertiary/aromatic N) is 1. The highest BCUT2D eigenvalue weighted by atomic mass is 35.5. The molecule has 0 spiro atoms. The number of rotatable bonds is 5. The Balaban J connectivity index is 1.85. The first kappa shape index (κ1) is 14.9.